The average molecular weight is 537 g/mol. The van der Waals surface area contributed by atoms with Crippen LogP contribution in [0.1, 0.15) is 36.3 Å². The summed E-state index contributed by atoms with van der Waals surface area (Å²) in [4.78, 5) is 35.4. The lowest BCUT2D eigenvalue weighted by atomic mass is 9.96. The number of benzene rings is 1. The minimum Gasteiger partial charge on any atom is -0.508 e. The van der Waals surface area contributed by atoms with Crippen LogP contribution in [0.15, 0.2) is 40.8 Å². The van der Waals surface area contributed by atoms with Crippen LogP contribution in [0.2, 0.25) is 0 Å². The van der Waals surface area contributed by atoms with Gasteiger partial charge in [0.05, 0.1) is 32.6 Å². The minimum atomic E-state index is -2.74. The second-order valence-electron chi connectivity index (χ2n) is 9.17. The maximum atomic E-state index is 10.3. The van der Waals surface area contributed by atoms with Gasteiger partial charge in [0.2, 0.25) is 0 Å². The lowest BCUT2D eigenvalue weighted by molar-refractivity contribution is -0.170. The van der Waals surface area contributed by atoms with E-state index < -0.39 is 36.4 Å². The monoisotopic (exact) mass is 536 g/mol. The number of carboxylic acids is 3. The van der Waals surface area contributed by atoms with E-state index in [4.69, 9.17) is 29.6 Å². The van der Waals surface area contributed by atoms with Crippen LogP contribution in [-0.4, -0.2) is 98.2 Å². The molecule has 2 heterocycles. The molecule has 12 heteroatoms. The number of aliphatic hydroxyl groups is 1. The fraction of sp³-hybridized carbons (Fsp3) is 0.500. The average Bonchev–Trinajstić information content (AvgIpc) is 3.25. The Morgan fingerprint density at radius 2 is 1.55 bits per heavy atom. The Hall–Kier alpha value is -3.45. The Balaban J connectivity index is 0.000000332. The first kappa shape index (κ1) is 30.8. The third-order valence-electron chi connectivity index (χ3n) is 5.86. The number of rotatable bonds is 13. The fourth-order valence-corrected chi connectivity index (χ4v) is 3.92. The number of carboxylic acid groups (broad SMARTS) is 3. The fourth-order valence-electron chi connectivity index (χ4n) is 3.92. The first-order chi connectivity index (χ1) is 18.0. The van der Waals surface area contributed by atoms with Gasteiger partial charge in [-0.1, -0.05) is 12.1 Å². The SMILES string of the molecule is Cc1ccc(CN(CCCN2CCOCC2)Cc2ccc(O)cc2)o1.O=C(O)CC(O)(CC(=O)O)C(=O)O. The first-order valence-electron chi connectivity index (χ1n) is 12.2. The van der Waals surface area contributed by atoms with Gasteiger partial charge in [-0.3, -0.25) is 19.4 Å². The zero-order chi connectivity index (χ0) is 28.1. The van der Waals surface area contributed by atoms with Gasteiger partial charge in [0.15, 0.2) is 5.60 Å². The van der Waals surface area contributed by atoms with E-state index in [0.29, 0.717) is 5.75 Å². The van der Waals surface area contributed by atoms with Crippen molar-refractivity contribution in [3.63, 3.8) is 0 Å². The van der Waals surface area contributed by atoms with Crippen molar-refractivity contribution < 1.29 is 49.1 Å². The second kappa shape index (κ2) is 15.1. The van der Waals surface area contributed by atoms with Crippen LogP contribution in [-0.2, 0) is 32.2 Å². The summed E-state index contributed by atoms with van der Waals surface area (Å²) >= 11 is 0. The van der Waals surface area contributed by atoms with E-state index in [1.54, 1.807) is 12.1 Å². The van der Waals surface area contributed by atoms with Gasteiger partial charge < -0.3 is 34.7 Å². The van der Waals surface area contributed by atoms with Crippen LogP contribution in [0.5, 0.6) is 5.75 Å². The van der Waals surface area contributed by atoms with Crippen molar-refractivity contribution in [2.45, 2.75) is 44.9 Å². The lowest BCUT2D eigenvalue weighted by Gasteiger charge is -2.28. The zero-order valence-corrected chi connectivity index (χ0v) is 21.4. The molecule has 0 radical (unpaired) electrons. The number of aryl methyl sites for hydroxylation is 1. The molecule has 1 aliphatic rings. The second-order valence-corrected chi connectivity index (χ2v) is 9.17. The van der Waals surface area contributed by atoms with Crippen LogP contribution >= 0.6 is 0 Å². The van der Waals surface area contributed by atoms with Gasteiger partial charge in [0.1, 0.15) is 17.3 Å². The lowest BCUT2D eigenvalue weighted by Crippen LogP contribution is -2.42. The largest absolute Gasteiger partial charge is 0.508 e. The van der Waals surface area contributed by atoms with Crippen molar-refractivity contribution in [1.82, 2.24) is 9.80 Å². The van der Waals surface area contributed by atoms with Crippen molar-refractivity contribution in [2.24, 2.45) is 0 Å². The highest BCUT2D eigenvalue weighted by molar-refractivity contribution is 5.88. The van der Waals surface area contributed by atoms with E-state index in [0.717, 1.165) is 70.4 Å². The summed E-state index contributed by atoms with van der Waals surface area (Å²) in [5, 5.41) is 43.3. The van der Waals surface area contributed by atoms with Crippen LogP contribution < -0.4 is 0 Å². The number of nitrogens with zero attached hydrogens (tertiary/aromatic N) is 2. The van der Waals surface area contributed by atoms with E-state index in [1.807, 2.05) is 25.1 Å². The van der Waals surface area contributed by atoms with E-state index in [-0.39, 0.29) is 0 Å². The molecule has 1 saturated heterocycles. The van der Waals surface area contributed by atoms with Gasteiger partial charge in [-0.2, -0.15) is 0 Å². The summed E-state index contributed by atoms with van der Waals surface area (Å²) in [6.45, 7) is 9.52. The molecule has 210 valence electrons. The Kier molecular flexibility index (Phi) is 12.2. The van der Waals surface area contributed by atoms with Crippen LogP contribution in [0, 0.1) is 6.92 Å². The number of phenols is 1. The topological polar surface area (TPSA) is 181 Å². The van der Waals surface area contributed by atoms with Crippen molar-refractivity contribution in [2.75, 3.05) is 39.4 Å². The molecule has 0 unspecified atom stereocenters. The number of ether oxygens (including phenoxy) is 1. The first-order valence-corrected chi connectivity index (χ1v) is 12.2. The summed E-state index contributed by atoms with van der Waals surface area (Å²) in [5.74, 6) is -2.76. The zero-order valence-electron chi connectivity index (χ0n) is 21.4. The third kappa shape index (κ3) is 11.3. The summed E-state index contributed by atoms with van der Waals surface area (Å²) in [6.07, 6.45) is -1.17. The van der Waals surface area contributed by atoms with Gasteiger partial charge in [0.25, 0.3) is 0 Å². The highest BCUT2D eigenvalue weighted by atomic mass is 16.5. The molecule has 1 aromatic carbocycles. The Bertz CT molecular complexity index is 1010. The molecule has 0 bridgehead atoms. The van der Waals surface area contributed by atoms with Gasteiger partial charge in [-0.15, -0.1) is 0 Å². The number of hydrogen-bond acceptors (Lipinski definition) is 9. The number of aromatic hydroxyl groups is 1. The molecule has 0 spiro atoms. The van der Waals surface area contributed by atoms with Crippen LogP contribution in [0.25, 0.3) is 0 Å². The van der Waals surface area contributed by atoms with E-state index >= 15 is 0 Å². The quantitative estimate of drug-likeness (QED) is 0.251. The summed E-state index contributed by atoms with van der Waals surface area (Å²) in [7, 11) is 0. The molecule has 5 N–H and O–H groups in total. The molecule has 12 nitrogen and oxygen atoms in total. The molecule has 0 atom stereocenters. The highest BCUT2D eigenvalue weighted by Gasteiger charge is 2.40. The molecule has 0 amide bonds. The van der Waals surface area contributed by atoms with Crippen molar-refractivity contribution >= 4 is 17.9 Å². The summed E-state index contributed by atoms with van der Waals surface area (Å²) in [5.41, 5.74) is -1.54. The summed E-state index contributed by atoms with van der Waals surface area (Å²) in [6, 6.07) is 11.5. The maximum Gasteiger partial charge on any atom is 0.336 e. The highest BCUT2D eigenvalue weighted by Crippen LogP contribution is 2.17. The minimum absolute atomic E-state index is 0.310. The standard InChI is InChI=1S/C20H28N2O3.C6H8O7/c1-17-3-8-20(25-17)16-22(15-18-4-6-19(23)7-5-18)10-2-9-21-11-13-24-14-12-21;7-3(8)1-6(13,5(11)12)2-4(9)10/h3-8,23H,2,9-16H2,1H3;13H,1-2H2,(H,7,8)(H,9,10)(H,11,12). The molecule has 1 aliphatic heterocycles. The molecular weight excluding hydrogens is 500 g/mol. The molecule has 3 rings (SSSR count). The van der Waals surface area contributed by atoms with Crippen LogP contribution in [0.4, 0.5) is 0 Å². The Morgan fingerprint density at radius 3 is 2.05 bits per heavy atom. The molecule has 0 saturated carbocycles. The maximum absolute atomic E-state index is 10.3. The normalized spacial score (nSPS) is 14.1. The molecule has 1 fully saturated rings. The number of hydrogen-bond donors (Lipinski definition) is 5. The molecular formula is C26H36N2O10. The van der Waals surface area contributed by atoms with Gasteiger partial charge in [-0.05, 0) is 49.7 Å². The van der Waals surface area contributed by atoms with Gasteiger partial charge in [0, 0.05) is 26.2 Å². The molecule has 2 aromatic rings. The molecule has 1 aromatic heterocycles. The predicted octanol–water partition coefficient (Wildman–Crippen LogP) is 1.77. The number of morpholine rings is 1. The van der Waals surface area contributed by atoms with Crippen molar-refractivity contribution in [1.29, 1.82) is 0 Å². The Labute approximate surface area is 220 Å². The van der Waals surface area contributed by atoms with E-state index in [9.17, 15) is 19.5 Å². The number of carbonyl (C=O) groups is 3. The van der Waals surface area contributed by atoms with E-state index in [1.165, 1.54) is 5.56 Å². The smallest absolute Gasteiger partial charge is 0.336 e. The third-order valence-corrected chi connectivity index (χ3v) is 5.86. The van der Waals surface area contributed by atoms with E-state index in [2.05, 4.69) is 15.9 Å². The number of furan rings is 1. The van der Waals surface area contributed by atoms with Gasteiger partial charge in [-0.25, -0.2) is 4.79 Å². The van der Waals surface area contributed by atoms with Crippen molar-refractivity contribution in [3.05, 3.63) is 53.5 Å². The molecule has 0 aliphatic carbocycles. The van der Waals surface area contributed by atoms with Crippen LogP contribution in [0.3, 0.4) is 0 Å². The number of phenolic OH excluding ortho intramolecular Hbond substituents is 1. The Morgan fingerprint density at radius 1 is 0.947 bits per heavy atom. The number of aliphatic carboxylic acids is 3. The predicted molar refractivity (Wildman–Crippen MR) is 135 cm³/mol. The molecule has 38 heavy (non-hydrogen) atoms. The van der Waals surface area contributed by atoms with Crippen molar-refractivity contribution in [3.8, 4) is 5.75 Å². The van der Waals surface area contributed by atoms with Gasteiger partial charge >= 0.3 is 17.9 Å². The summed E-state index contributed by atoms with van der Waals surface area (Å²) < 4.78 is 11.2.